The van der Waals surface area contributed by atoms with Crippen molar-refractivity contribution in [3.8, 4) is 0 Å². The molecule has 0 bridgehead atoms. The van der Waals surface area contributed by atoms with Crippen LogP contribution in [0.15, 0.2) is 17.1 Å². The summed E-state index contributed by atoms with van der Waals surface area (Å²) in [6.07, 6.45) is 5.52. The van der Waals surface area contributed by atoms with Crippen molar-refractivity contribution in [1.82, 2.24) is 4.57 Å². The molecule has 2 aliphatic carbocycles. The summed E-state index contributed by atoms with van der Waals surface area (Å²) in [4.78, 5) is 26.4. The van der Waals surface area contributed by atoms with Crippen molar-refractivity contribution >= 4 is 22.6 Å². The Morgan fingerprint density at radius 2 is 2.03 bits per heavy atom. The molecular formula is C22H26FN3O3. The van der Waals surface area contributed by atoms with Gasteiger partial charge in [0.15, 0.2) is 0 Å². The van der Waals surface area contributed by atoms with Gasteiger partial charge in [0.05, 0.1) is 11.2 Å². The van der Waals surface area contributed by atoms with Crippen LogP contribution in [-0.4, -0.2) is 34.8 Å². The number of nitrogens with two attached hydrogens (primary N) is 1. The normalized spacial score (nSPS) is 25.6. The molecule has 2 saturated carbocycles. The minimum absolute atomic E-state index is 0.0271. The Hall–Kier alpha value is -2.41. The number of aromatic nitrogens is 1. The third-order valence-corrected chi connectivity index (χ3v) is 7.40. The third-order valence-electron chi connectivity index (χ3n) is 7.40. The number of benzene rings is 1. The maximum atomic E-state index is 15.3. The topological polar surface area (TPSA) is 88.6 Å². The maximum absolute atomic E-state index is 15.3. The number of aromatic carboxylic acids is 1. The lowest BCUT2D eigenvalue weighted by molar-refractivity contribution is 0.0695. The Bertz CT molecular complexity index is 1100. The zero-order valence-electron chi connectivity index (χ0n) is 16.7. The molecule has 5 rings (SSSR count). The monoisotopic (exact) mass is 399 g/mol. The predicted molar refractivity (Wildman–Crippen MR) is 109 cm³/mol. The molecule has 1 saturated heterocycles. The van der Waals surface area contributed by atoms with Gasteiger partial charge in [-0.2, -0.15) is 0 Å². The number of rotatable bonds is 3. The molecule has 1 spiro atoms. The van der Waals surface area contributed by atoms with Gasteiger partial charge in [-0.05, 0) is 55.6 Å². The van der Waals surface area contributed by atoms with Crippen molar-refractivity contribution < 1.29 is 14.3 Å². The van der Waals surface area contributed by atoms with Crippen molar-refractivity contribution in [1.29, 1.82) is 0 Å². The number of fused-ring (bicyclic) bond motifs is 1. The van der Waals surface area contributed by atoms with E-state index in [4.69, 9.17) is 5.73 Å². The van der Waals surface area contributed by atoms with Crippen molar-refractivity contribution in [3.05, 3.63) is 39.4 Å². The van der Waals surface area contributed by atoms with Gasteiger partial charge in [-0.3, -0.25) is 4.79 Å². The molecular weight excluding hydrogens is 373 g/mol. The highest BCUT2D eigenvalue weighted by Gasteiger charge is 2.53. The molecule has 3 aliphatic rings. The van der Waals surface area contributed by atoms with Gasteiger partial charge in [-0.15, -0.1) is 0 Å². The van der Waals surface area contributed by atoms with Crippen LogP contribution in [0.5, 0.6) is 0 Å². The second-order valence-electron chi connectivity index (χ2n) is 9.24. The third kappa shape index (κ3) is 2.70. The standard InChI is InChI=1S/C22H26FN3O3/c1-11-18-14(20(27)15(21(28)29)8-26(18)13-3-4-13)7-16(23)19(11)25-9-17(24)12(2)22(10-25)5-6-22/h7-8,12-13,17H,3-6,9-10,24H2,1-2H3,(H,28,29)/t12-,17?/m1/s1. The molecule has 2 heterocycles. The Morgan fingerprint density at radius 3 is 2.62 bits per heavy atom. The molecule has 154 valence electrons. The van der Waals surface area contributed by atoms with E-state index in [1.54, 1.807) is 0 Å². The molecule has 6 nitrogen and oxygen atoms in total. The fourth-order valence-corrected chi connectivity index (χ4v) is 5.25. The number of hydrogen-bond donors (Lipinski definition) is 2. The van der Waals surface area contributed by atoms with Crippen molar-refractivity contribution in [3.63, 3.8) is 0 Å². The summed E-state index contributed by atoms with van der Waals surface area (Å²) in [5.74, 6) is -1.35. The molecule has 1 aliphatic heterocycles. The highest BCUT2D eigenvalue weighted by Crippen LogP contribution is 2.56. The van der Waals surface area contributed by atoms with Crippen LogP contribution in [0.1, 0.15) is 54.6 Å². The molecule has 7 heteroatoms. The molecule has 1 aromatic carbocycles. The van der Waals surface area contributed by atoms with Crippen LogP contribution in [-0.2, 0) is 0 Å². The summed E-state index contributed by atoms with van der Waals surface area (Å²) in [5.41, 5.74) is 7.49. The van der Waals surface area contributed by atoms with Crippen LogP contribution < -0.4 is 16.1 Å². The number of pyridine rings is 1. The molecule has 0 amide bonds. The van der Waals surface area contributed by atoms with Crippen molar-refractivity contribution in [2.45, 2.75) is 51.6 Å². The number of carboxylic acid groups (broad SMARTS) is 1. The molecule has 1 unspecified atom stereocenters. The summed E-state index contributed by atoms with van der Waals surface area (Å²) >= 11 is 0. The fraction of sp³-hybridized carbons (Fsp3) is 0.545. The van der Waals surface area contributed by atoms with Gasteiger partial charge in [-0.25, -0.2) is 9.18 Å². The smallest absolute Gasteiger partial charge is 0.341 e. The Labute approximate surface area is 168 Å². The van der Waals surface area contributed by atoms with Gasteiger partial charge in [0.25, 0.3) is 0 Å². The second kappa shape index (κ2) is 6.05. The first-order valence-electron chi connectivity index (χ1n) is 10.4. The zero-order valence-corrected chi connectivity index (χ0v) is 16.7. The molecule has 1 aromatic heterocycles. The van der Waals surface area contributed by atoms with Crippen LogP contribution in [0.2, 0.25) is 0 Å². The first kappa shape index (κ1) is 18.6. The highest BCUT2D eigenvalue weighted by atomic mass is 19.1. The predicted octanol–water partition coefficient (Wildman–Crippen LogP) is 3.05. The van der Waals surface area contributed by atoms with Crippen LogP contribution in [0, 0.1) is 24.1 Å². The summed E-state index contributed by atoms with van der Waals surface area (Å²) in [6, 6.07) is 1.36. The van der Waals surface area contributed by atoms with Gasteiger partial charge >= 0.3 is 5.97 Å². The Kier molecular flexibility index (Phi) is 3.88. The Morgan fingerprint density at radius 1 is 1.34 bits per heavy atom. The van der Waals surface area contributed by atoms with Gasteiger partial charge in [0, 0.05) is 36.8 Å². The number of carboxylic acids is 1. The lowest BCUT2D eigenvalue weighted by atomic mass is 9.80. The van der Waals surface area contributed by atoms with Gasteiger partial charge < -0.3 is 20.3 Å². The van der Waals surface area contributed by atoms with Gasteiger partial charge in [0.2, 0.25) is 5.43 Å². The summed E-state index contributed by atoms with van der Waals surface area (Å²) < 4.78 is 17.2. The summed E-state index contributed by atoms with van der Waals surface area (Å²) in [5, 5.41) is 9.58. The number of halogens is 1. The minimum atomic E-state index is -1.28. The SMILES string of the molecule is Cc1c(N2CC(N)[C@@H](C)C3(CC3)C2)c(F)cc2c(=O)c(C(=O)O)cn(C3CC3)c12. The van der Waals surface area contributed by atoms with Crippen LogP contribution in [0.25, 0.3) is 10.9 Å². The number of nitrogens with zero attached hydrogens (tertiary/aromatic N) is 2. The highest BCUT2D eigenvalue weighted by molar-refractivity contribution is 5.95. The van der Waals surface area contributed by atoms with E-state index < -0.39 is 17.2 Å². The number of hydrogen-bond acceptors (Lipinski definition) is 4. The number of piperidine rings is 1. The fourth-order valence-electron chi connectivity index (χ4n) is 5.25. The van der Waals surface area contributed by atoms with Crippen LogP contribution >= 0.6 is 0 Å². The number of carbonyl (C=O) groups is 1. The lowest BCUT2D eigenvalue weighted by Crippen LogP contribution is -2.53. The molecule has 0 radical (unpaired) electrons. The van der Waals surface area contributed by atoms with E-state index in [1.807, 2.05) is 11.5 Å². The number of aryl methyl sites for hydroxylation is 1. The van der Waals surface area contributed by atoms with Gasteiger partial charge in [-0.1, -0.05) is 6.92 Å². The average molecular weight is 399 g/mol. The summed E-state index contributed by atoms with van der Waals surface area (Å²) in [7, 11) is 0. The van der Waals surface area contributed by atoms with Crippen LogP contribution in [0.3, 0.4) is 0 Å². The number of anilines is 1. The molecule has 2 atom stereocenters. The largest absolute Gasteiger partial charge is 0.477 e. The first-order valence-corrected chi connectivity index (χ1v) is 10.4. The van der Waals surface area contributed by atoms with Gasteiger partial charge in [0.1, 0.15) is 11.4 Å². The molecule has 2 aromatic rings. The van der Waals surface area contributed by atoms with E-state index in [0.29, 0.717) is 29.2 Å². The van der Waals surface area contributed by atoms with E-state index >= 15 is 4.39 Å². The van der Waals surface area contributed by atoms with E-state index in [0.717, 1.165) is 32.2 Å². The van der Waals surface area contributed by atoms with Crippen LogP contribution in [0.4, 0.5) is 10.1 Å². The quantitative estimate of drug-likeness (QED) is 0.828. The van der Waals surface area contributed by atoms with E-state index in [9.17, 15) is 14.7 Å². The lowest BCUT2D eigenvalue weighted by Gasteiger charge is -2.43. The molecule has 3 N–H and O–H groups in total. The maximum Gasteiger partial charge on any atom is 0.341 e. The van der Waals surface area contributed by atoms with E-state index in [2.05, 4.69) is 11.8 Å². The van der Waals surface area contributed by atoms with Crippen molar-refractivity contribution in [2.24, 2.45) is 17.1 Å². The van der Waals surface area contributed by atoms with E-state index in [-0.39, 0.29) is 28.4 Å². The first-order chi connectivity index (χ1) is 13.7. The Balaban J connectivity index is 1.72. The van der Waals surface area contributed by atoms with E-state index in [1.165, 1.54) is 12.3 Å². The molecule has 3 fully saturated rings. The second-order valence-corrected chi connectivity index (χ2v) is 9.24. The van der Waals surface area contributed by atoms with Crippen molar-refractivity contribution in [2.75, 3.05) is 18.0 Å². The average Bonchev–Trinajstić information content (AvgIpc) is 3.56. The summed E-state index contributed by atoms with van der Waals surface area (Å²) in [6.45, 7) is 5.37. The molecule has 29 heavy (non-hydrogen) atoms. The minimum Gasteiger partial charge on any atom is -0.477 e. The zero-order chi connectivity index (χ0) is 20.7.